The van der Waals surface area contributed by atoms with E-state index in [2.05, 4.69) is 6.92 Å². The van der Waals surface area contributed by atoms with E-state index in [9.17, 15) is 9.59 Å². The zero-order valence-electron chi connectivity index (χ0n) is 14.7. The van der Waals surface area contributed by atoms with E-state index < -0.39 is 0 Å². The topological polar surface area (TPSA) is 61.8 Å². The van der Waals surface area contributed by atoms with Gasteiger partial charge in [0.25, 0.3) is 0 Å². The number of methoxy groups -OCH3 is 1. The van der Waals surface area contributed by atoms with Gasteiger partial charge < -0.3 is 14.2 Å². The first kappa shape index (κ1) is 20.9. The van der Waals surface area contributed by atoms with Crippen LogP contribution in [-0.4, -0.2) is 38.4 Å². The largest absolute Gasteiger partial charge is 0.466 e. The molecule has 0 spiro atoms. The highest BCUT2D eigenvalue weighted by Crippen LogP contribution is 2.10. The van der Waals surface area contributed by atoms with Crippen molar-refractivity contribution in [2.75, 3.05) is 20.3 Å². The van der Waals surface area contributed by atoms with Crippen molar-refractivity contribution in [2.45, 2.75) is 65.9 Å². The second-order valence-corrected chi connectivity index (χ2v) is 6.19. The van der Waals surface area contributed by atoms with E-state index in [1.165, 1.54) is 0 Å². The Balaban J connectivity index is 3.63. The quantitative estimate of drug-likeness (QED) is 0.517. The Bertz CT molecular complexity index is 314. The van der Waals surface area contributed by atoms with Crippen molar-refractivity contribution in [3.63, 3.8) is 0 Å². The third-order valence-corrected chi connectivity index (χ3v) is 3.71. The van der Waals surface area contributed by atoms with Crippen LogP contribution in [0.15, 0.2) is 0 Å². The minimum Gasteiger partial charge on any atom is -0.466 e. The average molecular weight is 316 g/mol. The van der Waals surface area contributed by atoms with Crippen LogP contribution in [0.4, 0.5) is 0 Å². The van der Waals surface area contributed by atoms with Crippen LogP contribution in [0, 0.1) is 11.8 Å². The van der Waals surface area contributed by atoms with E-state index in [1.807, 2.05) is 20.8 Å². The summed E-state index contributed by atoms with van der Waals surface area (Å²) in [6.45, 7) is 9.15. The van der Waals surface area contributed by atoms with E-state index in [4.69, 9.17) is 14.2 Å². The Hall–Kier alpha value is -1.10. The summed E-state index contributed by atoms with van der Waals surface area (Å²) >= 11 is 0. The maximum absolute atomic E-state index is 11.6. The van der Waals surface area contributed by atoms with Gasteiger partial charge in [-0.25, -0.2) is 0 Å². The molecule has 2 unspecified atom stereocenters. The highest BCUT2D eigenvalue weighted by Gasteiger charge is 2.13. The minimum absolute atomic E-state index is 0.0898. The van der Waals surface area contributed by atoms with Crippen LogP contribution < -0.4 is 0 Å². The molecule has 0 amide bonds. The Labute approximate surface area is 134 Å². The Morgan fingerprint density at radius 1 is 0.909 bits per heavy atom. The molecule has 0 aromatic heterocycles. The van der Waals surface area contributed by atoms with Crippen molar-refractivity contribution in [3.8, 4) is 0 Å². The monoisotopic (exact) mass is 316 g/mol. The lowest BCUT2D eigenvalue weighted by atomic mass is 10.1. The maximum Gasteiger partial charge on any atom is 0.306 e. The van der Waals surface area contributed by atoms with Gasteiger partial charge in [-0.1, -0.05) is 20.8 Å². The van der Waals surface area contributed by atoms with Gasteiger partial charge in [0.2, 0.25) is 0 Å². The maximum atomic E-state index is 11.6. The molecule has 2 atom stereocenters. The fraction of sp³-hybridized carbons (Fsp3) is 0.882. The number of carbonyl (C=O) groups is 2. The first-order valence-corrected chi connectivity index (χ1v) is 8.20. The molecule has 0 saturated heterocycles. The van der Waals surface area contributed by atoms with Gasteiger partial charge >= 0.3 is 11.9 Å². The fourth-order valence-corrected chi connectivity index (χ4v) is 1.69. The van der Waals surface area contributed by atoms with Crippen LogP contribution in [0.1, 0.15) is 59.8 Å². The lowest BCUT2D eigenvalue weighted by molar-refractivity contribution is -0.150. The van der Waals surface area contributed by atoms with Crippen LogP contribution in [0.5, 0.6) is 0 Å². The predicted octanol–water partition coefficient (Wildman–Crippen LogP) is 3.35. The van der Waals surface area contributed by atoms with Crippen molar-refractivity contribution in [2.24, 2.45) is 11.8 Å². The molecule has 0 radical (unpaired) electrons. The van der Waals surface area contributed by atoms with E-state index in [0.29, 0.717) is 24.9 Å². The summed E-state index contributed by atoms with van der Waals surface area (Å²) in [6, 6.07) is 0. The molecule has 0 aromatic carbocycles. The molecule has 0 rings (SSSR count). The number of rotatable bonds is 12. The van der Waals surface area contributed by atoms with Crippen LogP contribution in [-0.2, 0) is 23.8 Å². The standard InChI is InChI=1S/C17H32O5/c1-13(2)15(4)22-17(19)8-6-7-16(18)21-12-10-14(3)9-11-20-5/h13-15H,6-12H2,1-5H3. The summed E-state index contributed by atoms with van der Waals surface area (Å²) in [5.41, 5.74) is 0. The molecule has 0 saturated carbocycles. The molecule has 0 bridgehead atoms. The Morgan fingerprint density at radius 3 is 2.09 bits per heavy atom. The van der Waals surface area contributed by atoms with Gasteiger partial charge in [-0.2, -0.15) is 0 Å². The SMILES string of the molecule is COCCC(C)CCOC(=O)CCCC(=O)OC(C)C(C)C. The van der Waals surface area contributed by atoms with Crippen molar-refractivity contribution < 1.29 is 23.8 Å². The van der Waals surface area contributed by atoms with Crippen LogP contribution in [0.25, 0.3) is 0 Å². The van der Waals surface area contributed by atoms with Gasteiger partial charge in [0.15, 0.2) is 0 Å². The molecule has 0 N–H and O–H groups in total. The molecule has 130 valence electrons. The number of hydrogen-bond acceptors (Lipinski definition) is 5. The van der Waals surface area contributed by atoms with Gasteiger partial charge in [-0.15, -0.1) is 0 Å². The third-order valence-electron chi connectivity index (χ3n) is 3.71. The molecule has 0 aliphatic heterocycles. The van der Waals surface area contributed by atoms with Gasteiger partial charge in [0.05, 0.1) is 6.61 Å². The van der Waals surface area contributed by atoms with Crippen molar-refractivity contribution in [1.82, 2.24) is 0 Å². The summed E-state index contributed by atoms with van der Waals surface area (Å²) < 4.78 is 15.4. The predicted molar refractivity (Wildman–Crippen MR) is 85.5 cm³/mol. The van der Waals surface area contributed by atoms with E-state index >= 15 is 0 Å². The molecule has 5 heteroatoms. The molecule has 22 heavy (non-hydrogen) atoms. The Kier molecular flexibility index (Phi) is 11.8. The molecule has 0 aromatic rings. The van der Waals surface area contributed by atoms with E-state index in [-0.39, 0.29) is 30.9 Å². The van der Waals surface area contributed by atoms with Crippen molar-refractivity contribution in [3.05, 3.63) is 0 Å². The summed E-state index contributed by atoms with van der Waals surface area (Å²) in [7, 11) is 1.68. The van der Waals surface area contributed by atoms with Crippen molar-refractivity contribution in [1.29, 1.82) is 0 Å². The summed E-state index contributed by atoms with van der Waals surface area (Å²) in [4.78, 5) is 23.1. The first-order valence-electron chi connectivity index (χ1n) is 8.20. The Morgan fingerprint density at radius 2 is 1.50 bits per heavy atom. The number of esters is 2. The number of ether oxygens (including phenoxy) is 3. The summed E-state index contributed by atoms with van der Waals surface area (Å²) in [5, 5.41) is 0. The smallest absolute Gasteiger partial charge is 0.306 e. The molecular formula is C17H32O5. The molecule has 0 heterocycles. The first-order chi connectivity index (χ1) is 10.4. The molecular weight excluding hydrogens is 284 g/mol. The zero-order valence-corrected chi connectivity index (χ0v) is 14.7. The zero-order chi connectivity index (χ0) is 17.0. The van der Waals surface area contributed by atoms with Crippen LogP contribution >= 0.6 is 0 Å². The minimum atomic E-state index is -0.248. The average Bonchev–Trinajstić information content (AvgIpc) is 2.44. The molecule has 0 aliphatic rings. The lowest BCUT2D eigenvalue weighted by Crippen LogP contribution is -2.20. The summed E-state index contributed by atoms with van der Waals surface area (Å²) in [5.74, 6) is 0.278. The van der Waals surface area contributed by atoms with Crippen LogP contribution in [0.3, 0.4) is 0 Å². The number of hydrogen-bond donors (Lipinski definition) is 0. The van der Waals surface area contributed by atoms with Gasteiger partial charge in [0, 0.05) is 26.6 Å². The van der Waals surface area contributed by atoms with Gasteiger partial charge in [0.1, 0.15) is 6.10 Å². The molecule has 0 fully saturated rings. The molecule has 5 nitrogen and oxygen atoms in total. The van der Waals surface area contributed by atoms with Gasteiger partial charge in [-0.3, -0.25) is 9.59 Å². The number of carbonyl (C=O) groups excluding carboxylic acids is 2. The summed E-state index contributed by atoms with van der Waals surface area (Å²) in [6.07, 6.45) is 2.71. The van der Waals surface area contributed by atoms with Gasteiger partial charge in [-0.05, 0) is 38.0 Å². The molecule has 0 aliphatic carbocycles. The van der Waals surface area contributed by atoms with E-state index in [1.54, 1.807) is 7.11 Å². The second-order valence-electron chi connectivity index (χ2n) is 6.19. The van der Waals surface area contributed by atoms with Crippen LogP contribution in [0.2, 0.25) is 0 Å². The van der Waals surface area contributed by atoms with E-state index in [0.717, 1.165) is 19.4 Å². The highest BCUT2D eigenvalue weighted by atomic mass is 16.5. The second kappa shape index (κ2) is 12.4. The normalized spacial score (nSPS) is 13.7. The lowest BCUT2D eigenvalue weighted by Gasteiger charge is -2.16. The van der Waals surface area contributed by atoms with Crippen molar-refractivity contribution >= 4 is 11.9 Å². The fourth-order valence-electron chi connectivity index (χ4n) is 1.69. The third kappa shape index (κ3) is 11.5. The highest BCUT2D eigenvalue weighted by molar-refractivity contribution is 5.72.